The fourth-order valence-corrected chi connectivity index (χ4v) is 2.61. The van der Waals surface area contributed by atoms with E-state index in [1.165, 1.54) is 0 Å². The monoisotopic (exact) mass is 275 g/mol. The standard InChI is InChI=1S/C19H17NO/c1-13-11-17(14-7-9-16(21)10-8-14)19(18(20)12-13)15-5-3-2-4-6-15/h2-12,21H,20H2,1H3. The Hall–Kier alpha value is -2.74. The van der Waals surface area contributed by atoms with E-state index >= 15 is 0 Å². The van der Waals surface area contributed by atoms with Crippen molar-refractivity contribution in [1.82, 2.24) is 0 Å². The lowest BCUT2D eigenvalue weighted by atomic mass is 9.91. The predicted octanol–water partition coefficient (Wildman–Crippen LogP) is 4.62. The Morgan fingerprint density at radius 1 is 0.810 bits per heavy atom. The maximum atomic E-state index is 9.47. The number of anilines is 1. The highest BCUT2D eigenvalue weighted by atomic mass is 16.3. The molecule has 104 valence electrons. The van der Waals surface area contributed by atoms with Crippen LogP contribution >= 0.6 is 0 Å². The molecule has 0 aliphatic heterocycles. The minimum atomic E-state index is 0.264. The molecule has 0 amide bonds. The molecule has 0 atom stereocenters. The number of aryl methyl sites for hydroxylation is 1. The fraction of sp³-hybridized carbons (Fsp3) is 0.0526. The Labute approximate surface area is 124 Å². The van der Waals surface area contributed by atoms with E-state index in [0.29, 0.717) is 0 Å². The number of aromatic hydroxyl groups is 1. The number of rotatable bonds is 2. The van der Waals surface area contributed by atoms with Crippen LogP contribution in [0.1, 0.15) is 5.56 Å². The molecule has 3 N–H and O–H groups in total. The molecule has 3 aromatic carbocycles. The third-order valence-electron chi connectivity index (χ3n) is 3.55. The molecule has 21 heavy (non-hydrogen) atoms. The Bertz CT molecular complexity index is 762. The molecule has 2 nitrogen and oxygen atoms in total. The number of nitrogens with two attached hydrogens (primary N) is 1. The summed E-state index contributed by atoms with van der Waals surface area (Å²) in [6.45, 7) is 2.04. The average molecular weight is 275 g/mol. The topological polar surface area (TPSA) is 46.2 Å². The van der Waals surface area contributed by atoms with Gasteiger partial charge in [0.2, 0.25) is 0 Å². The van der Waals surface area contributed by atoms with Crippen LogP contribution in [-0.2, 0) is 0 Å². The molecular formula is C19H17NO. The highest BCUT2D eigenvalue weighted by molar-refractivity contribution is 5.91. The summed E-state index contributed by atoms with van der Waals surface area (Å²) in [5.41, 5.74) is 12.4. The number of benzene rings is 3. The number of phenols is 1. The van der Waals surface area contributed by atoms with Crippen molar-refractivity contribution in [3.8, 4) is 28.0 Å². The first kappa shape index (κ1) is 13.3. The van der Waals surface area contributed by atoms with Gasteiger partial charge < -0.3 is 10.8 Å². The molecule has 3 rings (SSSR count). The molecule has 2 heteroatoms. The number of nitrogen functional groups attached to an aromatic ring is 1. The predicted molar refractivity (Wildman–Crippen MR) is 88.1 cm³/mol. The molecule has 0 saturated carbocycles. The SMILES string of the molecule is Cc1cc(N)c(-c2ccccc2)c(-c2ccc(O)cc2)c1. The largest absolute Gasteiger partial charge is 0.508 e. The second-order valence-corrected chi connectivity index (χ2v) is 5.19. The minimum Gasteiger partial charge on any atom is -0.508 e. The van der Waals surface area contributed by atoms with Gasteiger partial charge in [-0.05, 0) is 47.4 Å². The molecule has 0 spiro atoms. The lowest BCUT2D eigenvalue weighted by molar-refractivity contribution is 0.475. The van der Waals surface area contributed by atoms with Gasteiger partial charge in [-0.3, -0.25) is 0 Å². The van der Waals surface area contributed by atoms with Crippen LogP contribution in [-0.4, -0.2) is 5.11 Å². The van der Waals surface area contributed by atoms with Crippen molar-refractivity contribution in [3.63, 3.8) is 0 Å². The van der Waals surface area contributed by atoms with Gasteiger partial charge in [-0.1, -0.05) is 48.5 Å². The molecule has 0 aliphatic rings. The van der Waals surface area contributed by atoms with Gasteiger partial charge in [-0.15, -0.1) is 0 Å². The van der Waals surface area contributed by atoms with Crippen molar-refractivity contribution in [2.24, 2.45) is 0 Å². The van der Waals surface area contributed by atoms with E-state index in [4.69, 9.17) is 5.73 Å². The summed E-state index contributed by atoms with van der Waals surface area (Å²) >= 11 is 0. The molecule has 0 bridgehead atoms. The Morgan fingerprint density at radius 3 is 2.14 bits per heavy atom. The molecule has 3 aromatic rings. The van der Waals surface area contributed by atoms with Crippen molar-refractivity contribution < 1.29 is 5.11 Å². The summed E-state index contributed by atoms with van der Waals surface area (Å²) in [6, 6.07) is 21.5. The first-order valence-electron chi connectivity index (χ1n) is 6.90. The molecule has 0 heterocycles. The van der Waals surface area contributed by atoms with E-state index in [-0.39, 0.29) is 5.75 Å². The minimum absolute atomic E-state index is 0.264. The van der Waals surface area contributed by atoms with E-state index < -0.39 is 0 Å². The Balaban J connectivity index is 2.26. The molecular weight excluding hydrogens is 258 g/mol. The zero-order valence-electron chi connectivity index (χ0n) is 11.9. The van der Waals surface area contributed by atoms with Crippen LogP contribution in [0.3, 0.4) is 0 Å². The lowest BCUT2D eigenvalue weighted by Gasteiger charge is -2.14. The van der Waals surface area contributed by atoms with E-state index in [2.05, 4.69) is 18.2 Å². The average Bonchev–Trinajstić information content (AvgIpc) is 2.48. The number of hydrogen-bond donors (Lipinski definition) is 2. The van der Waals surface area contributed by atoms with E-state index in [0.717, 1.165) is 33.5 Å². The summed E-state index contributed by atoms with van der Waals surface area (Å²) in [5, 5.41) is 9.47. The van der Waals surface area contributed by atoms with Gasteiger partial charge in [-0.25, -0.2) is 0 Å². The maximum Gasteiger partial charge on any atom is 0.115 e. The zero-order chi connectivity index (χ0) is 14.8. The van der Waals surface area contributed by atoms with Crippen LogP contribution in [0.25, 0.3) is 22.3 Å². The lowest BCUT2D eigenvalue weighted by Crippen LogP contribution is -1.95. The van der Waals surface area contributed by atoms with E-state index in [1.54, 1.807) is 12.1 Å². The summed E-state index contributed by atoms with van der Waals surface area (Å²) < 4.78 is 0. The van der Waals surface area contributed by atoms with Crippen LogP contribution in [0.4, 0.5) is 5.69 Å². The summed E-state index contributed by atoms with van der Waals surface area (Å²) in [6.07, 6.45) is 0. The Morgan fingerprint density at radius 2 is 1.48 bits per heavy atom. The number of phenolic OH excluding ortho intramolecular Hbond substituents is 1. The molecule has 0 radical (unpaired) electrons. The van der Waals surface area contributed by atoms with Crippen LogP contribution < -0.4 is 5.73 Å². The molecule has 0 aliphatic carbocycles. The molecule has 0 unspecified atom stereocenters. The van der Waals surface area contributed by atoms with Gasteiger partial charge >= 0.3 is 0 Å². The zero-order valence-corrected chi connectivity index (χ0v) is 11.9. The summed E-state index contributed by atoms with van der Waals surface area (Å²) in [4.78, 5) is 0. The van der Waals surface area contributed by atoms with Crippen LogP contribution in [0.2, 0.25) is 0 Å². The summed E-state index contributed by atoms with van der Waals surface area (Å²) in [5.74, 6) is 0.264. The third kappa shape index (κ3) is 2.61. The fourth-order valence-electron chi connectivity index (χ4n) is 2.61. The first-order valence-corrected chi connectivity index (χ1v) is 6.90. The number of hydrogen-bond acceptors (Lipinski definition) is 2. The second-order valence-electron chi connectivity index (χ2n) is 5.19. The van der Waals surface area contributed by atoms with Gasteiger partial charge in [0.05, 0.1) is 0 Å². The van der Waals surface area contributed by atoms with E-state index in [1.807, 2.05) is 43.3 Å². The molecule has 0 saturated heterocycles. The van der Waals surface area contributed by atoms with Crippen LogP contribution in [0.15, 0.2) is 66.7 Å². The van der Waals surface area contributed by atoms with Crippen molar-refractivity contribution in [3.05, 3.63) is 72.3 Å². The van der Waals surface area contributed by atoms with Crippen molar-refractivity contribution in [2.75, 3.05) is 5.73 Å². The van der Waals surface area contributed by atoms with Gasteiger partial charge in [0.15, 0.2) is 0 Å². The highest BCUT2D eigenvalue weighted by Gasteiger charge is 2.11. The van der Waals surface area contributed by atoms with E-state index in [9.17, 15) is 5.11 Å². The first-order chi connectivity index (χ1) is 10.1. The van der Waals surface area contributed by atoms with Gasteiger partial charge in [-0.2, -0.15) is 0 Å². The van der Waals surface area contributed by atoms with Crippen LogP contribution in [0.5, 0.6) is 5.75 Å². The van der Waals surface area contributed by atoms with Crippen molar-refractivity contribution >= 4 is 5.69 Å². The van der Waals surface area contributed by atoms with Crippen molar-refractivity contribution in [1.29, 1.82) is 0 Å². The Kier molecular flexibility index (Phi) is 3.36. The highest BCUT2D eigenvalue weighted by Crippen LogP contribution is 2.37. The second kappa shape index (κ2) is 5.33. The smallest absolute Gasteiger partial charge is 0.115 e. The normalized spacial score (nSPS) is 10.5. The van der Waals surface area contributed by atoms with Crippen LogP contribution in [0, 0.1) is 6.92 Å². The van der Waals surface area contributed by atoms with Gasteiger partial charge in [0.25, 0.3) is 0 Å². The van der Waals surface area contributed by atoms with Gasteiger partial charge in [0, 0.05) is 11.3 Å². The molecule has 0 fully saturated rings. The summed E-state index contributed by atoms with van der Waals surface area (Å²) in [7, 11) is 0. The van der Waals surface area contributed by atoms with Crippen molar-refractivity contribution in [2.45, 2.75) is 6.92 Å². The van der Waals surface area contributed by atoms with Gasteiger partial charge in [0.1, 0.15) is 5.75 Å². The molecule has 0 aromatic heterocycles. The third-order valence-corrected chi connectivity index (χ3v) is 3.55. The maximum absolute atomic E-state index is 9.47. The quantitative estimate of drug-likeness (QED) is 0.670.